The summed E-state index contributed by atoms with van der Waals surface area (Å²) in [5.41, 5.74) is 5.97. The van der Waals surface area contributed by atoms with Crippen molar-refractivity contribution in [3.8, 4) is 0 Å². The first-order chi connectivity index (χ1) is 9.46. The molecule has 0 aromatic carbocycles. The predicted molar refractivity (Wildman–Crippen MR) is 101 cm³/mol. The molecule has 1 unspecified atom stereocenters. The summed E-state index contributed by atoms with van der Waals surface area (Å²) in [5.74, 6) is 0.591. The van der Waals surface area contributed by atoms with Gasteiger partial charge >= 0.3 is 0 Å². The van der Waals surface area contributed by atoms with Gasteiger partial charge < -0.3 is 11.1 Å². The molecule has 1 saturated carbocycles. The minimum Gasteiger partial charge on any atom is -0.370 e. The van der Waals surface area contributed by atoms with Gasteiger partial charge in [0.05, 0.1) is 6.54 Å². The van der Waals surface area contributed by atoms with Gasteiger partial charge in [-0.05, 0) is 53.0 Å². The highest BCUT2D eigenvalue weighted by molar-refractivity contribution is 14.0. The first kappa shape index (κ1) is 19.0. The number of aliphatic imine (C=N–C) groups is 1. The highest BCUT2D eigenvalue weighted by Crippen LogP contribution is 2.29. The van der Waals surface area contributed by atoms with Crippen molar-refractivity contribution in [1.29, 1.82) is 0 Å². The predicted octanol–water partition coefficient (Wildman–Crippen LogP) is 3.10. The van der Waals surface area contributed by atoms with Crippen LogP contribution in [0.4, 0.5) is 0 Å². The first-order valence-corrected chi connectivity index (χ1v) is 8.29. The smallest absolute Gasteiger partial charge is 0.189 e. The van der Waals surface area contributed by atoms with Gasteiger partial charge in [-0.25, -0.2) is 0 Å². The van der Waals surface area contributed by atoms with E-state index >= 15 is 0 Å². The first-order valence-electron chi connectivity index (χ1n) is 8.29. The Balaban J connectivity index is 0.00000220. The van der Waals surface area contributed by atoms with E-state index in [0.29, 0.717) is 12.0 Å². The molecule has 0 aromatic rings. The van der Waals surface area contributed by atoms with Crippen LogP contribution in [-0.4, -0.2) is 41.6 Å². The standard InChI is InChI=1S/C16H32N4.HI/c1-16(2,3)19-15(17)18-12-14-10-7-11-20(14)13-8-5-4-6-9-13;/h13-14H,4-12H2,1-3H3,(H3,17,18,19);1H. The van der Waals surface area contributed by atoms with Crippen molar-refractivity contribution >= 4 is 29.9 Å². The zero-order valence-corrected chi connectivity index (χ0v) is 16.2. The zero-order chi connectivity index (χ0) is 14.6. The van der Waals surface area contributed by atoms with Crippen LogP contribution < -0.4 is 11.1 Å². The molecule has 0 aromatic heterocycles. The minimum absolute atomic E-state index is 0. The van der Waals surface area contributed by atoms with Crippen molar-refractivity contribution in [3.05, 3.63) is 0 Å². The highest BCUT2D eigenvalue weighted by atomic mass is 127. The van der Waals surface area contributed by atoms with Gasteiger partial charge in [0, 0.05) is 17.6 Å². The molecular weight excluding hydrogens is 375 g/mol. The monoisotopic (exact) mass is 408 g/mol. The number of nitrogens with zero attached hydrogens (tertiary/aromatic N) is 2. The van der Waals surface area contributed by atoms with E-state index in [0.717, 1.165) is 12.6 Å². The van der Waals surface area contributed by atoms with Gasteiger partial charge in [0.2, 0.25) is 0 Å². The van der Waals surface area contributed by atoms with E-state index in [2.05, 4.69) is 36.0 Å². The van der Waals surface area contributed by atoms with Crippen molar-refractivity contribution in [1.82, 2.24) is 10.2 Å². The third-order valence-corrected chi connectivity index (χ3v) is 4.44. The van der Waals surface area contributed by atoms with Crippen LogP contribution in [0.5, 0.6) is 0 Å². The maximum absolute atomic E-state index is 5.98. The molecule has 0 bridgehead atoms. The summed E-state index contributed by atoms with van der Waals surface area (Å²) in [6.07, 6.45) is 9.61. The Morgan fingerprint density at radius 1 is 1.14 bits per heavy atom. The normalized spacial score (nSPS) is 25.7. The van der Waals surface area contributed by atoms with E-state index in [1.165, 1.54) is 51.5 Å². The van der Waals surface area contributed by atoms with E-state index in [4.69, 9.17) is 5.73 Å². The Morgan fingerprint density at radius 3 is 2.43 bits per heavy atom. The molecule has 5 heteroatoms. The lowest BCUT2D eigenvalue weighted by Crippen LogP contribution is -2.46. The SMILES string of the molecule is CC(C)(C)NC(N)=NCC1CCCN1C1CCCCC1.I. The second-order valence-electron chi connectivity index (χ2n) is 7.43. The van der Waals surface area contributed by atoms with Crippen LogP contribution in [0.3, 0.4) is 0 Å². The number of halogens is 1. The van der Waals surface area contributed by atoms with E-state index in [-0.39, 0.29) is 29.5 Å². The molecule has 1 saturated heterocycles. The van der Waals surface area contributed by atoms with Gasteiger partial charge in [-0.3, -0.25) is 9.89 Å². The number of likely N-dealkylation sites (tertiary alicyclic amines) is 1. The van der Waals surface area contributed by atoms with Crippen LogP contribution in [0.25, 0.3) is 0 Å². The van der Waals surface area contributed by atoms with E-state index < -0.39 is 0 Å². The average molecular weight is 408 g/mol. The highest BCUT2D eigenvalue weighted by Gasteiger charge is 2.31. The molecule has 2 fully saturated rings. The summed E-state index contributed by atoms with van der Waals surface area (Å²) in [6.45, 7) is 8.45. The quantitative estimate of drug-likeness (QED) is 0.429. The number of hydrogen-bond donors (Lipinski definition) is 2. The summed E-state index contributed by atoms with van der Waals surface area (Å²) in [6, 6.07) is 1.42. The second-order valence-corrected chi connectivity index (χ2v) is 7.43. The summed E-state index contributed by atoms with van der Waals surface area (Å²) >= 11 is 0. The van der Waals surface area contributed by atoms with Gasteiger partial charge in [-0.2, -0.15) is 0 Å². The summed E-state index contributed by atoms with van der Waals surface area (Å²) in [5, 5.41) is 3.25. The molecule has 2 aliphatic rings. The fourth-order valence-corrected chi connectivity index (χ4v) is 3.57. The van der Waals surface area contributed by atoms with Gasteiger partial charge in [0.25, 0.3) is 0 Å². The molecule has 4 nitrogen and oxygen atoms in total. The van der Waals surface area contributed by atoms with Crippen molar-refractivity contribution in [2.75, 3.05) is 13.1 Å². The van der Waals surface area contributed by atoms with Crippen LogP contribution in [0, 0.1) is 0 Å². The number of nitrogens with one attached hydrogen (secondary N) is 1. The third kappa shape index (κ3) is 6.30. The van der Waals surface area contributed by atoms with Crippen molar-refractivity contribution in [2.24, 2.45) is 10.7 Å². The van der Waals surface area contributed by atoms with E-state index in [1.54, 1.807) is 0 Å². The molecule has 1 atom stereocenters. The van der Waals surface area contributed by atoms with Crippen molar-refractivity contribution in [2.45, 2.75) is 83.3 Å². The molecule has 0 radical (unpaired) electrons. The van der Waals surface area contributed by atoms with Crippen molar-refractivity contribution in [3.63, 3.8) is 0 Å². The van der Waals surface area contributed by atoms with Gasteiger partial charge in [-0.1, -0.05) is 19.3 Å². The summed E-state index contributed by atoms with van der Waals surface area (Å²) < 4.78 is 0. The number of hydrogen-bond acceptors (Lipinski definition) is 2. The van der Waals surface area contributed by atoms with Crippen LogP contribution in [0.2, 0.25) is 0 Å². The van der Waals surface area contributed by atoms with Gasteiger partial charge in [0.15, 0.2) is 5.96 Å². The van der Waals surface area contributed by atoms with Gasteiger partial charge in [0.1, 0.15) is 0 Å². The molecular formula is C16H33IN4. The van der Waals surface area contributed by atoms with Crippen molar-refractivity contribution < 1.29 is 0 Å². The molecule has 3 N–H and O–H groups in total. The molecule has 1 aliphatic carbocycles. The number of rotatable bonds is 3. The lowest BCUT2D eigenvalue weighted by Gasteiger charge is -2.35. The van der Waals surface area contributed by atoms with Crippen LogP contribution in [0.1, 0.15) is 65.7 Å². The van der Waals surface area contributed by atoms with Crippen LogP contribution in [0.15, 0.2) is 4.99 Å². The Hall–Kier alpha value is -0.0400. The fourth-order valence-electron chi connectivity index (χ4n) is 3.57. The average Bonchev–Trinajstić information content (AvgIpc) is 2.83. The number of guanidine groups is 1. The Kier molecular flexibility index (Phi) is 7.74. The maximum atomic E-state index is 5.98. The zero-order valence-electron chi connectivity index (χ0n) is 13.9. The lowest BCUT2D eigenvalue weighted by atomic mass is 9.94. The Morgan fingerprint density at radius 2 is 1.81 bits per heavy atom. The van der Waals surface area contributed by atoms with Crippen LogP contribution in [-0.2, 0) is 0 Å². The lowest BCUT2D eigenvalue weighted by molar-refractivity contribution is 0.145. The van der Waals surface area contributed by atoms with Gasteiger partial charge in [-0.15, -0.1) is 24.0 Å². The minimum atomic E-state index is -0.00762. The fraction of sp³-hybridized carbons (Fsp3) is 0.938. The number of nitrogens with two attached hydrogens (primary N) is 1. The maximum Gasteiger partial charge on any atom is 0.189 e. The Labute approximate surface area is 147 Å². The summed E-state index contributed by atoms with van der Waals surface area (Å²) in [7, 11) is 0. The summed E-state index contributed by atoms with van der Waals surface area (Å²) in [4.78, 5) is 7.29. The van der Waals surface area contributed by atoms with E-state index in [9.17, 15) is 0 Å². The molecule has 1 aliphatic heterocycles. The third-order valence-electron chi connectivity index (χ3n) is 4.44. The molecule has 2 rings (SSSR count). The van der Waals surface area contributed by atoms with Crippen LogP contribution >= 0.6 is 24.0 Å². The molecule has 1 heterocycles. The Bertz CT molecular complexity index is 332. The molecule has 21 heavy (non-hydrogen) atoms. The largest absolute Gasteiger partial charge is 0.370 e. The molecule has 0 spiro atoms. The topological polar surface area (TPSA) is 53.6 Å². The molecule has 124 valence electrons. The molecule has 0 amide bonds. The second kappa shape index (κ2) is 8.56. The van der Waals surface area contributed by atoms with E-state index in [1.807, 2.05) is 0 Å².